The summed E-state index contributed by atoms with van der Waals surface area (Å²) in [5, 5.41) is 1.93. The summed E-state index contributed by atoms with van der Waals surface area (Å²) in [6.45, 7) is 4.09. The first-order valence-corrected chi connectivity index (χ1v) is 10.3. The molecular weight excluding hydrogens is 336 g/mol. The number of rotatable bonds is 4. The van der Waals surface area contributed by atoms with Crippen LogP contribution in [0.15, 0.2) is 16.2 Å². The van der Waals surface area contributed by atoms with Gasteiger partial charge in [-0.3, -0.25) is 14.1 Å². The molecular formula is C14H20N4O3S2. The summed E-state index contributed by atoms with van der Waals surface area (Å²) >= 11 is 1.47. The van der Waals surface area contributed by atoms with Crippen LogP contribution in [0, 0.1) is 6.92 Å². The Morgan fingerprint density at radius 3 is 2.74 bits per heavy atom. The monoisotopic (exact) mass is 356 g/mol. The van der Waals surface area contributed by atoms with Gasteiger partial charge >= 0.3 is 0 Å². The van der Waals surface area contributed by atoms with E-state index in [9.17, 15) is 13.2 Å². The third-order valence-corrected chi connectivity index (χ3v) is 5.69. The van der Waals surface area contributed by atoms with Crippen LogP contribution in [-0.4, -0.2) is 48.1 Å². The van der Waals surface area contributed by atoms with E-state index in [1.807, 2.05) is 12.3 Å². The van der Waals surface area contributed by atoms with E-state index in [1.54, 1.807) is 10.5 Å². The van der Waals surface area contributed by atoms with Gasteiger partial charge in [0.25, 0.3) is 5.56 Å². The van der Waals surface area contributed by atoms with Crippen LogP contribution in [0.5, 0.6) is 0 Å². The Morgan fingerprint density at radius 1 is 1.39 bits per heavy atom. The van der Waals surface area contributed by atoms with E-state index in [0.717, 1.165) is 42.3 Å². The molecule has 0 atom stereocenters. The fraction of sp³-hybridized carbons (Fsp3) is 0.571. The Balaban J connectivity index is 1.66. The molecule has 9 heteroatoms. The zero-order valence-corrected chi connectivity index (χ0v) is 14.8. The van der Waals surface area contributed by atoms with E-state index >= 15 is 0 Å². The SMILES string of the molecule is Cc1csc2nc(CN3CCC(NS(C)(=O)=O)CC3)cc(=O)n12. The minimum atomic E-state index is -3.15. The summed E-state index contributed by atoms with van der Waals surface area (Å²) in [4.78, 5) is 19.7. The number of sulfonamides is 1. The summed E-state index contributed by atoms with van der Waals surface area (Å²) in [6, 6.07) is 1.59. The number of aryl methyl sites for hydroxylation is 1. The molecule has 23 heavy (non-hydrogen) atoms. The largest absolute Gasteiger partial charge is 0.297 e. The summed E-state index contributed by atoms with van der Waals surface area (Å²) in [6.07, 6.45) is 2.73. The molecule has 3 rings (SSSR count). The molecule has 3 heterocycles. The standard InChI is InChI=1S/C14H20N4O3S2/c1-10-9-22-14-15-12(7-13(19)18(10)14)8-17-5-3-11(4-6-17)16-23(2,20)21/h7,9,11,16H,3-6,8H2,1-2H3. The Bertz CT molecular complexity index is 864. The van der Waals surface area contributed by atoms with Crippen molar-refractivity contribution in [1.29, 1.82) is 0 Å². The molecule has 0 aliphatic carbocycles. The maximum Gasteiger partial charge on any atom is 0.259 e. The lowest BCUT2D eigenvalue weighted by Gasteiger charge is -2.31. The molecule has 1 saturated heterocycles. The van der Waals surface area contributed by atoms with Crippen LogP contribution >= 0.6 is 11.3 Å². The van der Waals surface area contributed by atoms with Gasteiger partial charge < -0.3 is 0 Å². The number of nitrogens with zero attached hydrogens (tertiary/aromatic N) is 3. The van der Waals surface area contributed by atoms with Crippen LogP contribution in [0.25, 0.3) is 4.96 Å². The van der Waals surface area contributed by atoms with Crippen molar-refractivity contribution in [3.05, 3.63) is 33.2 Å². The molecule has 0 unspecified atom stereocenters. The zero-order valence-electron chi connectivity index (χ0n) is 13.2. The van der Waals surface area contributed by atoms with E-state index in [1.165, 1.54) is 17.6 Å². The lowest BCUT2D eigenvalue weighted by molar-refractivity contribution is 0.198. The minimum Gasteiger partial charge on any atom is -0.297 e. The molecule has 0 amide bonds. The van der Waals surface area contributed by atoms with Gasteiger partial charge in [-0.15, -0.1) is 11.3 Å². The topological polar surface area (TPSA) is 83.8 Å². The molecule has 0 radical (unpaired) electrons. The molecule has 0 saturated carbocycles. The highest BCUT2D eigenvalue weighted by Gasteiger charge is 2.22. The summed E-state index contributed by atoms with van der Waals surface area (Å²) in [5.41, 5.74) is 1.63. The molecule has 7 nitrogen and oxygen atoms in total. The van der Waals surface area contributed by atoms with Gasteiger partial charge in [0.1, 0.15) is 0 Å². The first-order chi connectivity index (χ1) is 10.8. The first kappa shape index (κ1) is 16.6. The summed E-state index contributed by atoms with van der Waals surface area (Å²) in [5.74, 6) is 0. The average molecular weight is 356 g/mol. The predicted octanol–water partition coefficient (Wildman–Crippen LogP) is 0.578. The van der Waals surface area contributed by atoms with Gasteiger partial charge in [-0.05, 0) is 19.8 Å². The number of hydrogen-bond donors (Lipinski definition) is 1. The molecule has 0 bridgehead atoms. The Labute approximate surface area is 139 Å². The Hall–Kier alpha value is -1.29. The van der Waals surface area contributed by atoms with Crippen molar-refractivity contribution in [2.45, 2.75) is 32.4 Å². The van der Waals surface area contributed by atoms with Crippen molar-refractivity contribution >= 4 is 26.3 Å². The lowest BCUT2D eigenvalue weighted by Crippen LogP contribution is -2.44. The summed E-state index contributed by atoms with van der Waals surface area (Å²) < 4.78 is 26.8. The second kappa shape index (κ2) is 6.31. The average Bonchev–Trinajstić information content (AvgIpc) is 2.81. The number of thiazole rings is 1. The third-order valence-electron chi connectivity index (χ3n) is 3.98. The Morgan fingerprint density at radius 2 is 2.09 bits per heavy atom. The van der Waals surface area contributed by atoms with Crippen molar-refractivity contribution in [1.82, 2.24) is 19.0 Å². The molecule has 0 spiro atoms. The predicted molar refractivity (Wildman–Crippen MR) is 90.4 cm³/mol. The quantitative estimate of drug-likeness (QED) is 0.866. The molecule has 1 N–H and O–H groups in total. The van der Waals surface area contributed by atoms with Crippen molar-refractivity contribution in [3.8, 4) is 0 Å². The molecule has 2 aromatic rings. The first-order valence-electron chi connectivity index (χ1n) is 7.48. The molecule has 0 aromatic carbocycles. The molecule has 126 valence electrons. The van der Waals surface area contributed by atoms with Crippen molar-refractivity contribution in [2.24, 2.45) is 0 Å². The van der Waals surface area contributed by atoms with E-state index in [0.29, 0.717) is 6.54 Å². The minimum absolute atomic E-state index is 0.00209. The number of nitrogens with one attached hydrogen (secondary N) is 1. The van der Waals surface area contributed by atoms with Crippen molar-refractivity contribution in [3.63, 3.8) is 0 Å². The van der Waals surface area contributed by atoms with Crippen molar-refractivity contribution in [2.75, 3.05) is 19.3 Å². The Kier molecular flexibility index (Phi) is 4.54. The van der Waals surface area contributed by atoms with Crippen LogP contribution in [0.1, 0.15) is 24.2 Å². The van der Waals surface area contributed by atoms with E-state index < -0.39 is 10.0 Å². The third kappa shape index (κ3) is 3.97. The maximum atomic E-state index is 12.2. The van der Waals surface area contributed by atoms with Crippen LogP contribution < -0.4 is 10.3 Å². The van der Waals surface area contributed by atoms with E-state index in [4.69, 9.17) is 0 Å². The van der Waals surface area contributed by atoms with Crippen LogP contribution in [0.3, 0.4) is 0 Å². The fourth-order valence-corrected chi connectivity index (χ4v) is 4.65. The second-order valence-corrected chi connectivity index (χ2v) is 8.64. The normalized spacial score (nSPS) is 17.8. The number of fused-ring (bicyclic) bond motifs is 1. The van der Waals surface area contributed by atoms with Gasteiger partial charge in [-0.2, -0.15) is 0 Å². The molecule has 1 aliphatic heterocycles. The number of aromatic nitrogens is 2. The van der Waals surface area contributed by atoms with Gasteiger partial charge in [0.2, 0.25) is 10.0 Å². The fourth-order valence-electron chi connectivity index (χ4n) is 2.92. The van der Waals surface area contributed by atoms with Crippen LogP contribution in [0.4, 0.5) is 0 Å². The van der Waals surface area contributed by atoms with E-state index in [2.05, 4.69) is 14.6 Å². The zero-order chi connectivity index (χ0) is 16.6. The molecule has 1 fully saturated rings. The van der Waals surface area contributed by atoms with E-state index in [-0.39, 0.29) is 11.6 Å². The molecule has 1 aliphatic rings. The number of piperidine rings is 1. The van der Waals surface area contributed by atoms with Gasteiger partial charge in [-0.1, -0.05) is 0 Å². The number of hydrogen-bond acceptors (Lipinski definition) is 6. The van der Waals surface area contributed by atoms with Gasteiger partial charge in [-0.25, -0.2) is 18.1 Å². The smallest absolute Gasteiger partial charge is 0.259 e. The molecule has 2 aromatic heterocycles. The summed E-state index contributed by atoms with van der Waals surface area (Å²) in [7, 11) is -3.15. The van der Waals surface area contributed by atoms with Gasteiger partial charge in [0.05, 0.1) is 11.9 Å². The highest BCUT2D eigenvalue weighted by molar-refractivity contribution is 7.88. The second-order valence-electron chi connectivity index (χ2n) is 6.02. The number of likely N-dealkylation sites (tertiary alicyclic amines) is 1. The maximum absolute atomic E-state index is 12.2. The van der Waals surface area contributed by atoms with Crippen molar-refractivity contribution < 1.29 is 8.42 Å². The van der Waals surface area contributed by atoms with Crippen LogP contribution in [0.2, 0.25) is 0 Å². The lowest BCUT2D eigenvalue weighted by atomic mass is 10.1. The van der Waals surface area contributed by atoms with Crippen LogP contribution in [-0.2, 0) is 16.6 Å². The highest BCUT2D eigenvalue weighted by atomic mass is 32.2. The van der Waals surface area contributed by atoms with Gasteiger partial charge in [0.15, 0.2) is 4.96 Å². The van der Waals surface area contributed by atoms with Gasteiger partial charge in [0, 0.05) is 42.8 Å². The highest BCUT2D eigenvalue weighted by Crippen LogP contribution is 2.15.